The van der Waals surface area contributed by atoms with Gasteiger partial charge in [-0.3, -0.25) is 4.79 Å². The fourth-order valence-electron chi connectivity index (χ4n) is 8.25. The maximum atomic E-state index is 14.4. The van der Waals surface area contributed by atoms with Gasteiger partial charge in [-0.05, 0) is 62.1 Å². The standard InChI is InChI=1S/C42H38N3O4S.ClH/c1-28(46)29-18-22-43(23-19-29)50(47,48)41-13-7-4-10-36(41)42-34-16-14-32(44-24-20-30-8-2-5-11-37(30)44)26-39(34)49-40-27-33(15-17-35(40)42)45-25-21-31-9-3-6-12-38(31)45;/h2-17,26-27,29H,18-25H2,1H3;1H/q+1;/p-1. The number of para-hydroxylation sites is 2. The molecule has 1 saturated heterocycles. The van der Waals surface area contributed by atoms with Crippen LogP contribution in [-0.2, 0) is 27.7 Å². The number of hydrogen-bond donors (Lipinski definition) is 0. The highest BCUT2D eigenvalue weighted by Crippen LogP contribution is 2.45. The Hall–Kier alpha value is -4.76. The molecule has 9 rings (SSSR count). The molecule has 258 valence electrons. The van der Waals surface area contributed by atoms with E-state index < -0.39 is 10.0 Å². The van der Waals surface area contributed by atoms with Crippen molar-refractivity contribution in [2.24, 2.45) is 5.92 Å². The van der Waals surface area contributed by atoms with Crippen LogP contribution in [-0.4, -0.2) is 44.7 Å². The van der Waals surface area contributed by atoms with Gasteiger partial charge < -0.3 is 21.7 Å². The van der Waals surface area contributed by atoms with E-state index in [1.165, 1.54) is 22.5 Å². The minimum absolute atomic E-state index is 0. The lowest BCUT2D eigenvalue weighted by Crippen LogP contribution is -3.00. The zero-order valence-electron chi connectivity index (χ0n) is 28.4. The number of sulfonamides is 1. The molecule has 0 unspecified atom stereocenters. The van der Waals surface area contributed by atoms with Crippen molar-refractivity contribution in [3.63, 3.8) is 0 Å². The summed E-state index contributed by atoms with van der Waals surface area (Å²) in [7, 11) is -3.86. The molecular formula is C42H38ClN3O4S. The van der Waals surface area contributed by atoms with E-state index in [4.69, 9.17) is 4.42 Å². The Labute approximate surface area is 304 Å². The average molecular weight is 716 g/mol. The Morgan fingerprint density at radius 3 is 2.35 bits per heavy atom. The zero-order valence-corrected chi connectivity index (χ0v) is 30.0. The van der Waals surface area contributed by atoms with Crippen molar-refractivity contribution in [3.05, 3.63) is 126 Å². The van der Waals surface area contributed by atoms with Gasteiger partial charge in [0.15, 0.2) is 6.54 Å². The molecule has 5 aliphatic rings. The third-order valence-corrected chi connectivity index (χ3v) is 12.8. The molecule has 0 bridgehead atoms. The highest BCUT2D eigenvalue weighted by atomic mass is 35.5. The summed E-state index contributed by atoms with van der Waals surface area (Å²) >= 11 is 0. The SMILES string of the molecule is CC(=O)C1CCN(S(=O)(=O)c2ccccc2-c2c3ccc(=[N+]4CCc5ccccc54)cc-3oc3cc(N4CCc5ccccc54)ccc23)CC1.[Cl-]. The van der Waals surface area contributed by atoms with Crippen molar-refractivity contribution in [2.75, 3.05) is 31.1 Å². The van der Waals surface area contributed by atoms with E-state index in [0.29, 0.717) is 42.8 Å². The van der Waals surface area contributed by atoms with Crippen LogP contribution in [0.5, 0.6) is 0 Å². The predicted molar refractivity (Wildman–Crippen MR) is 198 cm³/mol. The first kappa shape index (κ1) is 33.4. The van der Waals surface area contributed by atoms with Gasteiger partial charge in [0, 0.05) is 89.2 Å². The maximum absolute atomic E-state index is 14.4. The highest BCUT2D eigenvalue weighted by Gasteiger charge is 2.34. The topological polar surface area (TPSA) is 73.8 Å². The molecule has 4 aromatic carbocycles. The van der Waals surface area contributed by atoms with Gasteiger partial charge in [0.25, 0.3) is 0 Å². The largest absolute Gasteiger partial charge is 1.00 e. The maximum Gasteiger partial charge on any atom is 0.243 e. The summed E-state index contributed by atoms with van der Waals surface area (Å²) < 4.78 is 39.5. The molecule has 4 aromatic rings. The molecule has 0 atom stereocenters. The smallest absolute Gasteiger partial charge is 0.243 e. The van der Waals surface area contributed by atoms with Crippen LogP contribution in [0.25, 0.3) is 33.4 Å². The number of hydrogen-bond acceptors (Lipinski definition) is 5. The molecular weight excluding hydrogens is 678 g/mol. The molecule has 1 fully saturated rings. The first-order valence-electron chi connectivity index (χ1n) is 17.5. The molecule has 7 nitrogen and oxygen atoms in total. The first-order chi connectivity index (χ1) is 24.4. The molecule has 0 aromatic heterocycles. The van der Waals surface area contributed by atoms with E-state index in [1.807, 2.05) is 12.1 Å². The fourth-order valence-corrected chi connectivity index (χ4v) is 9.91. The summed E-state index contributed by atoms with van der Waals surface area (Å²) in [6.07, 6.45) is 3.03. The van der Waals surface area contributed by atoms with Crippen LogP contribution in [0.15, 0.2) is 119 Å². The molecule has 0 amide bonds. The number of benzene rings is 5. The van der Waals surface area contributed by atoms with Crippen LogP contribution in [0.3, 0.4) is 0 Å². The molecule has 9 heteroatoms. The summed E-state index contributed by atoms with van der Waals surface area (Å²) in [6, 6.07) is 36.9. The number of fused-ring (bicyclic) bond motifs is 4. The number of piperidine rings is 1. The van der Waals surface area contributed by atoms with Crippen molar-refractivity contribution < 1.29 is 30.0 Å². The van der Waals surface area contributed by atoms with E-state index >= 15 is 0 Å². The number of rotatable bonds is 5. The Morgan fingerprint density at radius 1 is 0.784 bits per heavy atom. The lowest BCUT2D eigenvalue weighted by Gasteiger charge is -2.30. The van der Waals surface area contributed by atoms with Crippen LogP contribution in [0, 0.1) is 5.92 Å². The second-order valence-corrected chi connectivity index (χ2v) is 15.6. The van der Waals surface area contributed by atoms with E-state index in [1.54, 1.807) is 23.4 Å². The molecule has 4 aliphatic heterocycles. The Kier molecular flexibility index (Phi) is 8.57. The summed E-state index contributed by atoms with van der Waals surface area (Å²) in [5, 5.41) is 1.89. The Balaban J connectivity index is 0.00000374. The number of Topliss-reactive ketones (excluding diaryl/α,β-unsaturated/α-hetero) is 1. The lowest BCUT2D eigenvalue weighted by molar-refractivity contribution is -0.121. The molecule has 0 N–H and O–H groups in total. The molecule has 1 aliphatic carbocycles. The van der Waals surface area contributed by atoms with Crippen molar-refractivity contribution in [3.8, 4) is 22.5 Å². The average Bonchev–Trinajstić information content (AvgIpc) is 3.78. The van der Waals surface area contributed by atoms with Crippen molar-refractivity contribution >= 4 is 43.8 Å². The minimum atomic E-state index is -3.86. The minimum Gasteiger partial charge on any atom is -1.00 e. The number of carbonyl (C=O) groups is 1. The van der Waals surface area contributed by atoms with Gasteiger partial charge in [0.2, 0.25) is 21.1 Å². The van der Waals surface area contributed by atoms with Gasteiger partial charge in [-0.25, -0.2) is 8.42 Å². The fraction of sp³-hybridized carbons (Fsp3) is 0.238. The number of halogens is 1. The third-order valence-electron chi connectivity index (χ3n) is 10.9. The summed E-state index contributed by atoms with van der Waals surface area (Å²) in [5.74, 6) is 0.735. The van der Waals surface area contributed by atoms with Crippen LogP contribution >= 0.6 is 0 Å². The van der Waals surface area contributed by atoms with Gasteiger partial charge >= 0.3 is 0 Å². The van der Waals surface area contributed by atoms with Crippen LogP contribution < -0.4 is 27.2 Å². The Bertz CT molecular complexity index is 2480. The van der Waals surface area contributed by atoms with Crippen molar-refractivity contribution in [1.82, 2.24) is 8.88 Å². The number of carbonyl (C=O) groups excluding carboxylic acids is 1. The van der Waals surface area contributed by atoms with E-state index in [9.17, 15) is 13.2 Å². The third kappa shape index (κ3) is 5.66. The van der Waals surface area contributed by atoms with Gasteiger partial charge in [-0.1, -0.05) is 54.6 Å². The number of anilines is 2. The first-order valence-corrected chi connectivity index (χ1v) is 19.0. The summed E-state index contributed by atoms with van der Waals surface area (Å²) in [5.41, 5.74) is 9.12. The van der Waals surface area contributed by atoms with Crippen LogP contribution in [0.4, 0.5) is 17.1 Å². The summed E-state index contributed by atoms with van der Waals surface area (Å²) in [6.45, 7) is 4.01. The van der Waals surface area contributed by atoms with E-state index in [-0.39, 0.29) is 29.0 Å². The Morgan fingerprint density at radius 2 is 1.53 bits per heavy atom. The van der Waals surface area contributed by atoms with Gasteiger partial charge in [-0.2, -0.15) is 8.88 Å². The summed E-state index contributed by atoms with van der Waals surface area (Å²) in [4.78, 5) is 14.7. The van der Waals surface area contributed by atoms with Crippen LogP contribution in [0.1, 0.15) is 30.9 Å². The molecule has 51 heavy (non-hydrogen) atoms. The molecule has 4 heterocycles. The normalized spacial score (nSPS) is 17.4. The molecule has 0 radical (unpaired) electrons. The second kappa shape index (κ2) is 13.1. The van der Waals surface area contributed by atoms with Crippen LogP contribution in [0.2, 0.25) is 0 Å². The molecule has 0 spiro atoms. The van der Waals surface area contributed by atoms with Gasteiger partial charge in [0.05, 0.1) is 11.0 Å². The quantitative estimate of drug-likeness (QED) is 0.194. The highest BCUT2D eigenvalue weighted by molar-refractivity contribution is 7.89. The lowest BCUT2D eigenvalue weighted by atomic mass is 9.93. The zero-order chi connectivity index (χ0) is 34.0. The van der Waals surface area contributed by atoms with Crippen molar-refractivity contribution in [2.45, 2.75) is 37.5 Å². The number of nitrogens with zero attached hydrogens (tertiary/aromatic N) is 3. The van der Waals surface area contributed by atoms with Crippen molar-refractivity contribution in [1.29, 1.82) is 0 Å². The van der Waals surface area contributed by atoms with E-state index in [2.05, 4.69) is 94.4 Å². The van der Waals surface area contributed by atoms with Gasteiger partial charge in [0.1, 0.15) is 17.1 Å². The second-order valence-electron chi connectivity index (χ2n) is 13.7. The predicted octanol–water partition coefficient (Wildman–Crippen LogP) is 4.55. The number of ketones is 1. The van der Waals surface area contributed by atoms with Gasteiger partial charge in [-0.15, -0.1) is 0 Å². The monoisotopic (exact) mass is 715 g/mol. The van der Waals surface area contributed by atoms with E-state index in [0.717, 1.165) is 53.5 Å². The molecule has 0 saturated carbocycles.